The lowest BCUT2D eigenvalue weighted by Gasteiger charge is -2.32. The number of nitrogens with zero attached hydrogens (tertiary/aromatic N) is 2. The number of amides is 1. The Bertz CT molecular complexity index is 746. The van der Waals surface area contributed by atoms with Crippen LogP contribution in [0.15, 0.2) is 35.7 Å². The highest BCUT2D eigenvalue weighted by atomic mass is 32.1. The second-order valence-corrected chi connectivity index (χ2v) is 7.03. The van der Waals surface area contributed by atoms with E-state index in [1.54, 1.807) is 24.3 Å². The third-order valence-corrected chi connectivity index (χ3v) is 5.04. The van der Waals surface area contributed by atoms with Crippen molar-refractivity contribution in [3.8, 4) is 0 Å². The van der Waals surface area contributed by atoms with E-state index >= 15 is 0 Å². The predicted octanol–water partition coefficient (Wildman–Crippen LogP) is 4.14. The first-order valence-electron chi connectivity index (χ1n) is 7.93. The van der Waals surface area contributed by atoms with E-state index in [9.17, 15) is 14.9 Å². The van der Waals surface area contributed by atoms with Crippen LogP contribution in [-0.2, 0) is 0 Å². The number of piperidine rings is 1. The van der Waals surface area contributed by atoms with E-state index < -0.39 is 0 Å². The van der Waals surface area contributed by atoms with Crippen LogP contribution >= 0.6 is 11.3 Å². The van der Waals surface area contributed by atoms with Crippen LogP contribution in [-0.4, -0.2) is 23.9 Å². The Labute approximate surface area is 144 Å². The third-order valence-electron chi connectivity index (χ3n) is 4.17. The second-order valence-electron chi connectivity index (χ2n) is 6.09. The van der Waals surface area contributed by atoms with Crippen LogP contribution < -0.4 is 10.2 Å². The maximum Gasteiger partial charge on any atom is 0.294 e. The summed E-state index contributed by atoms with van der Waals surface area (Å²) in [5.74, 6) is 0.273. The van der Waals surface area contributed by atoms with E-state index in [2.05, 4.69) is 17.1 Å². The molecule has 7 heteroatoms. The van der Waals surface area contributed by atoms with Crippen LogP contribution in [0.25, 0.3) is 0 Å². The van der Waals surface area contributed by atoms with Crippen molar-refractivity contribution in [2.45, 2.75) is 19.8 Å². The molecule has 1 N–H and O–H groups in total. The maximum atomic E-state index is 12.1. The highest BCUT2D eigenvalue weighted by Gasteiger charge is 2.24. The standard InChI is InChI=1S/C17H19N3O3S/c1-12-4-2-8-19(11-12)14-7-6-13(10-15(14)20(22)23)18-17(21)16-5-3-9-24-16/h3,5-7,9-10,12H,2,4,8,11H2,1H3,(H,18,21)/t12-/m0/s1. The molecule has 6 nitrogen and oxygen atoms in total. The number of nitro groups is 1. The fraction of sp³-hybridized carbons (Fsp3) is 0.353. The first kappa shape index (κ1) is 16.4. The van der Waals surface area contributed by atoms with Gasteiger partial charge in [0.1, 0.15) is 5.69 Å². The Balaban J connectivity index is 1.84. The molecule has 1 aliphatic rings. The summed E-state index contributed by atoms with van der Waals surface area (Å²) in [6, 6.07) is 8.42. The van der Waals surface area contributed by atoms with E-state index in [1.165, 1.54) is 17.4 Å². The fourth-order valence-corrected chi connectivity index (χ4v) is 3.64. The van der Waals surface area contributed by atoms with Crippen molar-refractivity contribution in [3.63, 3.8) is 0 Å². The SMILES string of the molecule is C[C@H]1CCCN(c2ccc(NC(=O)c3cccs3)cc2[N+](=O)[O-])C1. The Morgan fingerprint density at radius 2 is 2.25 bits per heavy atom. The van der Waals surface area contributed by atoms with Crippen molar-refractivity contribution in [2.75, 3.05) is 23.3 Å². The van der Waals surface area contributed by atoms with Crippen LogP contribution in [0.2, 0.25) is 0 Å². The molecule has 0 radical (unpaired) electrons. The molecule has 1 aliphatic heterocycles. The Morgan fingerprint density at radius 1 is 1.42 bits per heavy atom. The molecule has 1 saturated heterocycles. The van der Waals surface area contributed by atoms with E-state index in [4.69, 9.17) is 0 Å². The number of nitrogens with one attached hydrogen (secondary N) is 1. The van der Waals surface area contributed by atoms with Crippen molar-refractivity contribution in [1.29, 1.82) is 0 Å². The van der Waals surface area contributed by atoms with Gasteiger partial charge in [0.2, 0.25) is 0 Å². The first-order valence-corrected chi connectivity index (χ1v) is 8.81. The van der Waals surface area contributed by atoms with Crippen molar-refractivity contribution in [1.82, 2.24) is 0 Å². The number of hydrogen-bond donors (Lipinski definition) is 1. The van der Waals surface area contributed by atoms with Gasteiger partial charge >= 0.3 is 0 Å². The van der Waals surface area contributed by atoms with Gasteiger partial charge in [-0.2, -0.15) is 0 Å². The fourth-order valence-electron chi connectivity index (χ4n) is 3.02. The van der Waals surface area contributed by atoms with Gasteiger partial charge < -0.3 is 10.2 Å². The van der Waals surface area contributed by atoms with Gasteiger partial charge in [0, 0.05) is 24.8 Å². The van der Waals surface area contributed by atoms with Crippen molar-refractivity contribution in [2.24, 2.45) is 5.92 Å². The zero-order valence-corrected chi connectivity index (χ0v) is 14.2. The zero-order chi connectivity index (χ0) is 17.1. The van der Waals surface area contributed by atoms with Crippen LogP contribution in [0.1, 0.15) is 29.4 Å². The summed E-state index contributed by atoms with van der Waals surface area (Å²) in [5, 5.41) is 16.0. The number of carbonyl (C=O) groups is 1. The summed E-state index contributed by atoms with van der Waals surface area (Å²) >= 11 is 1.33. The molecule has 0 aliphatic carbocycles. The molecule has 24 heavy (non-hydrogen) atoms. The predicted molar refractivity (Wildman–Crippen MR) is 96.0 cm³/mol. The highest BCUT2D eigenvalue weighted by molar-refractivity contribution is 7.12. The van der Waals surface area contributed by atoms with Gasteiger partial charge in [-0.05, 0) is 42.3 Å². The highest BCUT2D eigenvalue weighted by Crippen LogP contribution is 2.34. The number of anilines is 2. The number of nitro benzene ring substituents is 1. The summed E-state index contributed by atoms with van der Waals surface area (Å²) in [5.41, 5.74) is 1.10. The summed E-state index contributed by atoms with van der Waals surface area (Å²) in [7, 11) is 0. The zero-order valence-electron chi connectivity index (χ0n) is 13.4. The topological polar surface area (TPSA) is 75.5 Å². The average molecular weight is 345 g/mol. The van der Waals surface area contributed by atoms with Crippen molar-refractivity contribution >= 4 is 34.3 Å². The summed E-state index contributed by atoms with van der Waals surface area (Å²) < 4.78 is 0. The molecule has 2 aromatic rings. The lowest BCUT2D eigenvalue weighted by atomic mass is 9.99. The minimum Gasteiger partial charge on any atom is -0.366 e. The quantitative estimate of drug-likeness (QED) is 0.667. The molecule has 0 saturated carbocycles. The Kier molecular flexibility index (Phi) is 4.80. The van der Waals surface area contributed by atoms with Gasteiger partial charge in [-0.25, -0.2) is 0 Å². The van der Waals surface area contributed by atoms with Gasteiger partial charge in [-0.3, -0.25) is 14.9 Å². The lowest BCUT2D eigenvalue weighted by Crippen LogP contribution is -2.34. The molecule has 0 bridgehead atoms. The first-order chi connectivity index (χ1) is 11.5. The molecule has 3 rings (SSSR count). The molecule has 1 fully saturated rings. The van der Waals surface area contributed by atoms with E-state index in [0.717, 1.165) is 25.9 Å². The Morgan fingerprint density at radius 3 is 2.92 bits per heavy atom. The van der Waals surface area contributed by atoms with Gasteiger partial charge in [0.05, 0.1) is 9.80 Å². The molecule has 1 amide bonds. The molecule has 0 unspecified atom stereocenters. The molecule has 2 heterocycles. The van der Waals surface area contributed by atoms with E-state index in [0.29, 0.717) is 22.2 Å². The average Bonchev–Trinajstić information content (AvgIpc) is 3.09. The number of benzene rings is 1. The number of carbonyl (C=O) groups excluding carboxylic acids is 1. The molecule has 0 spiro atoms. The normalized spacial score (nSPS) is 17.5. The number of thiophene rings is 1. The van der Waals surface area contributed by atoms with Gasteiger partial charge in [0.15, 0.2) is 0 Å². The molecular weight excluding hydrogens is 326 g/mol. The van der Waals surface area contributed by atoms with Gasteiger partial charge in [0.25, 0.3) is 11.6 Å². The van der Waals surface area contributed by atoms with Crippen LogP contribution in [0.3, 0.4) is 0 Å². The van der Waals surface area contributed by atoms with Crippen molar-refractivity contribution < 1.29 is 9.72 Å². The van der Waals surface area contributed by atoms with Gasteiger partial charge in [-0.1, -0.05) is 13.0 Å². The smallest absolute Gasteiger partial charge is 0.294 e. The minimum atomic E-state index is -0.380. The Hall–Kier alpha value is -2.41. The van der Waals surface area contributed by atoms with E-state index in [-0.39, 0.29) is 16.5 Å². The summed E-state index contributed by atoms with van der Waals surface area (Å²) in [6.07, 6.45) is 2.19. The molecule has 1 aromatic heterocycles. The monoisotopic (exact) mass is 345 g/mol. The summed E-state index contributed by atoms with van der Waals surface area (Å²) in [6.45, 7) is 3.81. The van der Waals surface area contributed by atoms with Crippen LogP contribution in [0.5, 0.6) is 0 Å². The molecule has 1 aromatic carbocycles. The van der Waals surface area contributed by atoms with Crippen molar-refractivity contribution in [3.05, 3.63) is 50.7 Å². The maximum absolute atomic E-state index is 12.1. The second kappa shape index (κ2) is 7.00. The third kappa shape index (κ3) is 3.56. The van der Waals surface area contributed by atoms with Crippen LogP contribution in [0.4, 0.5) is 17.1 Å². The van der Waals surface area contributed by atoms with Gasteiger partial charge in [-0.15, -0.1) is 11.3 Å². The largest absolute Gasteiger partial charge is 0.366 e. The van der Waals surface area contributed by atoms with E-state index in [1.807, 2.05) is 5.38 Å². The van der Waals surface area contributed by atoms with Crippen LogP contribution in [0, 0.1) is 16.0 Å². The number of rotatable bonds is 4. The number of hydrogen-bond acceptors (Lipinski definition) is 5. The molecule has 1 atom stereocenters. The minimum absolute atomic E-state index is 0.0353. The summed E-state index contributed by atoms with van der Waals surface area (Å²) in [4.78, 5) is 25.8. The lowest BCUT2D eigenvalue weighted by molar-refractivity contribution is -0.384. The molecular formula is C17H19N3O3S. The molecule has 126 valence electrons.